The fourth-order valence-corrected chi connectivity index (χ4v) is 1.94. The quantitative estimate of drug-likeness (QED) is 0.541. The second kappa shape index (κ2) is 4.82. The van der Waals surface area contributed by atoms with Crippen LogP contribution in [0.2, 0.25) is 0 Å². The van der Waals surface area contributed by atoms with Crippen LogP contribution >= 0.6 is 15.9 Å². The van der Waals surface area contributed by atoms with Gasteiger partial charge in [0.25, 0.3) is 0 Å². The van der Waals surface area contributed by atoms with Crippen LogP contribution in [0.3, 0.4) is 0 Å². The minimum Gasteiger partial charge on any atom is -0.469 e. The number of hydrogen-bond donors (Lipinski definition) is 0. The zero-order chi connectivity index (χ0) is 8.97. The first-order valence-electron chi connectivity index (χ1n) is 4.06. The molecular weight excluding hydrogens is 224 g/mol. The highest BCUT2D eigenvalue weighted by Crippen LogP contribution is 2.27. The van der Waals surface area contributed by atoms with Crippen molar-refractivity contribution in [1.82, 2.24) is 0 Å². The van der Waals surface area contributed by atoms with Gasteiger partial charge in [-0.25, -0.2) is 0 Å². The van der Waals surface area contributed by atoms with Crippen molar-refractivity contribution in [2.45, 2.75) is 24.3 Å². The minimum absolute atomic E-state index is 0.0188. The third kappa shape index (κ3) is 2.75. The predicted molar refractivity (Wildman–Crippen MR) is 48.0 cm³/mol. The van der Waals surface area contributed by atoms with Crippen molar-refractivity contribution in [3.05, 3.63) is 0 Å². The topological polar surface area (TPSA) is 35.5 Å². The Labute approximate surface area is 80.5 Å². The monoisotopic (exact) mass is 236 g/mol. The molecule has 12 heavy (non-hydrogen) atoms. The Morgan fingerprint density at radius 2 is 2.50 bits per heavy atom. The summed E-state index contributed by atoms with van der Waals surface area (Å²) in [6.45, 7) is 0.785. The van der Waals surface area contributed by atoms with Crippen molar-refractivity contribution in [2.24, 2.45) is 5.92 Å². The van der Waals surface area contributed by atoms with Gasteiger partial charge in [0, 0.05) is 12.5 Å². The average Bonchev–Trinajstić information content (AvgIpc) is 2.09. The molecule has 3 nitrogen and oxygen atoms in total. The zero-order valence-corrected chi connectivity index (χ0v) is 8.67. The summed E-state index contributed by atoms with van der Waals surface area (Å²) in [7, 11) is 1.41. The summed E-state index contributed by atoms with van der Waals surface area (Å²) in [6, 6.07) is 0. The lowest BCUT2D eigenvalue weighted by molar-refractivity contribution is -0.143. The standard InChI is InChI=1S/C8H13BrO3/c1-11-7(10)5-6-3-2-4-12-8(6)9/h6,8H,2-5H2,1H3. The van der Waals surface area contributed by atoms with Crippen LogP contribution in [0.15, 0.2) is 0 Å². The van der Waals surface area contributed by atoms with Gasteiger partial charge in [0.2, 0.25) is 0 Å². The van der Waals surface area contributed by atoms with Crippen LogP contribution in [0.5, 0.6) is 0 Å². The Balaban J connectivity index is 2.33. The second-order valence-corrected chi connectivity index (χ2v) is 3.81. The largest absolute Gasteiger partial charge is 0.469 e. The number of carbonyl (C=O) groups is 1. The van der Waals surface area contributed by atoms with Gasteiger partial charge < -0.3 is 9.47 Å². The number of alkyl halides is 1. The molecule has 0 amide bonds. The Kier molecular flexibility index (Phi) is 4.01. The van der Waals surface area contributed by atoms with Gasteiger partial charge in [0.05, 0.1) is 13.5 Å². The first kappa shape index (κ1) is 9.99. The van der Waals surface area contributed by atoms with E-state index in [0.717, 1.165) is 19.4 Å². The number of halogens is 1. The van der Waals surface area contributed by atoms with E-state index >= 15 is 0 Å². The molecule has 0 aromatic heterocycles. The lowest BCUT2D eigenvalue weighted by Gasteiger charge is -2.26. The van der Waals surface area contributed by atoms with E-state index < -0.39 is 0 Å². The lowest BCUT2D eigenvalue weighted by atomic mass is 9.99. The molecule has 2 unspecified atom stereocenters. The van der Waals surface area contributed by atoms with Crippen LogP contribution in [0.1, 0.15) is 19.3 Å². The van der Waals surface area contributed by atoms with E-state index in [0.29, 0.717) is 6.42 Å². The van der Waals surface area contributed by atoms with Crippen molar-refractivity contribution in [2.75, 3.05) is 13.7 Å². The predicted octanol–water partition coefficient (Wildman–Crippen LogP) is 1.70. The minimum atomic E-state index is -0.157. The maximum absolute atomic E-state index is 10.9. The molecule has 0 bridgehead atoms. The summed E-state index contributed by atoms with van der Waals surface area (Å²) in [5.41, 5.74) is 0. The van der Waals surface area contributed by atoms with E-state index in [9.17, 15) is 4.79 Å². The van der Waals surface area contributed by atoms with Crippen LogP contribution in [0.25, 0.3) is 0 Å². The molecule has 1 aliphatic rings. The molecule has 1 heterocycles. The number of ether oxygens (including phenoxy) is 2. The van der Waals surface area contributed by atoms with Crippen molar-refractivity contribution in [3.63, 3.8) is 0 Å². The van der Waals surface area contributed by atoms with Crippen molar-refractivity contribution in [1.29, 1.82) is 0 Å². The second-order valence-electron chi connectivity index (χ2n) is 2.90. The van der Waals surface area contributed by atoms with Gasteiger partial charge in [0.15, 0.2) is 0 Å². The SMILES string of the molecule is COC(=O)CC1CCCOC1Br. The summed E-state index contributed by atoms with van der Waals surface area (Å²) in [5.74, 6) is 0.112. The Hall–Kier alpha value is -0.0900. The third-order valence-corrected chi connectivity index (χ3v) is 3.04. The van der Waals surface area contributed by atoms with Gasteiger partial charge in [0.1, 0.15) is 5.01 Å². The van der Waals surface area contributed by atoms with Crippen LogP contribution in [-0.2, 0) is 14.3 Å². The fraction of sp³-hybridized carbons (Fsp3) is 0.875. The summed E-state index contributed by atoms with van der Waals surface area (Å²) in [4.78, 5) is 10.9. The molecule has 0 saturated carbocycles. The molecule has 70 valence electrons. The van der Waals surface area contributed by atoms with Crippen LogP contribution in [-0.4, -0.2) is 24.7 Å². The van der Waals surface area contributed by atoms with Gasteiger partial charge in [-0.3, -0.25) is 4.79 Å². The number of methoxy groups -OCH3 is 1. The van der Waals surface area contributed by atoms with Crippen molar-refractivity contribution >= 4 is 21.9 Å². The molecule has 0 aliphatic carbocycles. The smallest absolute Gasteiger partial charge is 0.305 e. The number of hydrogen-bond acceptors (Lipinski definition) is 3. The lowest BCUT2D eigenvalue weighted by Crippen LogP contribution is -2.26. The highest BCUT2D eigenvalue weighted by Gasteiger charge is 2.25. The van der Waals surface area contributed by atoms with Gasteiger partial charge >= 0.3 is 5.97 Å². The van der Waals surface area contributed by atoms with Gasteiger partial charge in [-0.2, -0.15) is 0 Å². The first-order chi connectivity index (χ1) is 5.74. The molecule has 0 radical (unpaired) electrons. The Morgan fingerprint density at radius 3 is 3.08 bits per heavy atom. The molecule has 1 saturated heterocycles. The van der Waals surface area contributed by atoms with Crippen LogP contribution in [0.4, 0.5) is 0 Å². The van der Waals surface area contributed by atoms with E-state index in [1.165, 1.54) is 7.11 Å². The van der Waals surface area contributed by atoms with E-state index in [4.69, 9.17) is 4.74 Å². The highest BCUT2D eigenvalue weighted by atomic mass is 79.9. The number of esters is 1. The number of rotatable bonds is 2. The normalized spacial score (nSPS) is 29.8. The molecule has 0 spiro atoms. The van der Waals surface area contributed by atoms with Crippen molar-refractivity contribution in [3.8, 4) is 0 Å². The fourth-order valence-electron chi connectivity index (χ4n) is 1.30. The molecule has 0 N–H and O–H groups in total. The van der Waals surface area contributed by atoms with E-state index in [-0.39, 0.29) is 16.9 Å². The molecule has 2 atom stereocenters. The molecule has 0 aromatic rings. The number of carbonyl (C=O) groups excluding carboxylic acids is 1. The van der Waals surface area contributed by atoms with E-state index in [2.05, 4.69) is 20.7 Å². The summed E-state index contributed by atoms with van der Waals surface area (Å²) < 4.78 is 9.93. The van der Waals surface area contributed by atoms with Gasteiger partial charge in [-0.15, -0.1) is 0 Å². The molecule has 1 fully saturated rings. The third-order valence-electron chi connectivity index (χ3n) is 2.02. The van der Waals surface area contributed by atoms with E-state index in [1.807, 2.05) is 0 Å². The zero-order valence-electron chi connectivity index (χ0n) is 7.09. The summed E-state index contributed by atoms with van der Waals surface area (Å²) in [5, 5.41) is 0.0188. The molecule has 0 aromatic carbocycles. The Morgan fingerprint density at radius 1 is 1.75 bits per heavy atom. The Bertz CT molecular complexity index is 160. The maximum Gasteiger partial charge on any atom is 0.305 e. The van der Waals surface area contributed by atoms with Crippen LogP contribution in [0, 0.1) is 5.92 Å². The summed E-state index contributed by atoms with van der Waals surface area (Å²) >= 11 is 3.38. The average molecular weight is 237 g/mol. The van der Waals surface area contributed by atoms with Crippen molar-refractivity contribution < 1.29 is 14.3 Å². The maximum atomic E-state index is 10.9. The van der Waals surface area contributed by atoms with Gasteiger partial charge in [-0.1, -0.05) is 15.9 Å². The molecule has 1 aliphatic heterocycles. The molecule has 4 heteroatoms. The first-order valence-corrected chi connectivity index (χ1v) is 4.98. The van der Waals surface area contributed by atoms with Crippen LogP contribution < -0.4 is 0 Å². The summed E-state index contributed by atoms with van der Waals surface area (Å²) in [6.07, 6.45) is 2.52. The highest BCUT2D eigenvalue weighted by molar-refractivity contribution is 9.09. The molecule has 1 rings (SSSR count). The molecular formula is C8H13BrO3. The van der Waals surface area contributed by atoms with Gasteiger partial charge in [-0.05, 0) is 12.8 Å². The van der Waals surface area contributed by atoms with E-state index in [1.54, 1.807) is 0 Å².